The fourth-order valence-electron chi connectivity index (χ4n) is 1.29. The SMILES string of the molecule is N#Cc1[nH]c2c(F)cccc2c1N. The van der Waals surface area contributed by atoms with Crippen molar-refractivity contribution >= 4 is 16.6 Å². The Morgan fingerprint density at radius 1 is 1.46 bits per heavy atom. The molecule has 0 amide bonds. The van der Waals surface area contributed by atoms with Crippen LogP contribution >= 0.6 is 0 Å². The predicted molar refractivity (Wildman–Crippen MR) is 47.4 cm³/mol. The maximum Gasteiger partial charge on any atom is 0.147 e. The van der Waals surface area contributed by atoms with Crippen LogP contribution in [0.1, 0.15) is 5.69 Å². The molecule has 0 radical (unpaired) electrons. The Morgan fingerprint density at radius 2 is 2.23 bits per heavy atom. The van der Waals surface area contributed by atoms with E-state index in [0.29, 0.717) is 11.1 Å². The maximum atomic E-state index is 13.1. The van der Waals surface area contributed by atoms with E-state index < -0.39 is 5.82 Å². The summed E-state index contributed by atoms with van der Waals surface area (Å²) in [5, 5.41) is 9.18. The van der Waals surface area contributed by atoms with Gasteiger partial charge in [0, 0.05) is 5.39 Å². The smallest absolute Gasteiger partial charge is 0.147 e. The van der Waals surface area contributed by atoms with E-state index in [4.69, 9.17) is 11.0 Å². The van der Waals surface area contributed by atoms with Gasteiger partial charge in [-0.2, -0.15) is 5.26 Å². The van der Waals surface area contributed by atoms with E-state index in [-0.39, 0.29) is 11.2 Å². The molecule has 1 aromatic heterocycles. The zero-order valence-electron chi connectivity index (χ0n) is 6.63. The Kier molecular flexibility index (Phi) is 1.46. The second-order valence-corrected chi connectivity index (χ2v) is 2.69. The quantitative estimate of drug-likeness (QED) is 0.640. The number of nitrogens with zero attached hydrogens (tertiary/aromatic N) is 1. The Balaban J connectivity index is 2.94. The van der Waals surface area contributed by atoms with Gasteiger partial charge < -0.3 is 10.7 Å². The van der Waals surface area contributed by atoms with Crippen LogP contribution in [0, 0.1) is 17.1 Å². The van der Waals surface area contributed by atoms with Crippen LogP contribution in [0.2, 0.25) is 0 Å². The fraction of sp³-hybridized carbons (Fsp3) is 0. The molecule has 1 aromatic carbocycles. The number of aromatic amines is 1. The summed E-state index contributed by atoms with van der Waals surface area (Å²) in [5.41, 5.74) is 6.40. The highest BCUT2D eigenvalue weighted by atomic mass is 19.1. The van der Waals surface area contributed by atoms with Gasteiger partial charge in [0.1, 0.15) is 17.6 Å². The highest BCUT2D eigenvalue weighted by Gasteiger charge is 2.09. The minimum Gasteiger partial charge on any atom is -0.396 e. The predicted octanol–water partition coefficient (Wildman–Crippen LogP) is 1.76. The minimum absolute atomic E-state index is 0.208. The van der Waals surface area contributed by atoms with Crippen molar-refractivity contribution in [2.24, 2.45) is 0 Å². The second kappa shape index (κ2) is 2.49. The molecule has 2 aromatic rings. The van der Waals surface area contributed by atoms with Crippen molar-refractivity contribution < 1.29 is 4.39 Å². The number of benzene rings is 1. The second-order valence-electron chi connectivity index (χ2n) is 2.69. The Hall–Kier alpha value is -2.02. The molecule has 0 saturated carbocycles. The highest BCUT2D eigenvalue weighted by molar-refractivity contribution is 5.94. The van der Waals surface area contributed by atoms with Gasteiger partial charge in [-0.3, -0.25) is 0 Å². The molecule has 0 fully saturated rings. The number of nitrogens with two attached hydrogens (primary N) is 1. The topological polar surface area (TPSA) is 65.6 Å². The Bertz CT molecular complexity index is 507. The lowest BCUT2D eigenvalue weighted by Crippen LogP contribution is -1.85. The molecular weight excluding hydrogens is 169 g/mol. The number of nitriles is 1. The average molecular weight is 175 g/mol. The van der Waals surface area contributed by atoms with Crippen molar-refractivity contribution in [2.75, 3.05) is 5.73 Å². The summed E-state index contributed by atoms with van der Waals surface area (Å²) >= 11 is 0. The van der Waals surface area contributed by atoms with Crippen LogP contribution in [0.3, 0.4) is 0 Å². The van der Waals surface area contributed by atoms with E-state index in [1.165, 1.54) is 6.07 Å². The first-order valence-electron chi connectivity index (χ1n) is 3.70. The van der Waals surface area contributed by atoms with Crippen LogP contribution in [0.25, 0.3) is 10.9 Å². The van der Waals surface area contributed by atoms with Crippen molar-refractivity contribution in [1.29, 1.82) is 5.26 Å². The van der Waals surface area contributed by atoms with Gasteiger partial charge in [0.15, 0.2) is 0 Å². The number of hydrogen-bond acceptors (Lipinski definition) is 2. The molecule has 1 heterocycles. The number of nitrogens with one attached hydrogen (secondary N) is 1. The largest absolute Gasteiger partial charge is 0.396 e. The van der Waals surface area contributed by atoms with Crippen molar-refractivity contribution in [3.8, 4) is 6.07 Å². The molecule has 0 aliphatic rings. The number of aromatic nitrogens is 1. The Morgan fingerprint density at radius 3 is 2.85 bits per heavy atom. The van der Waals surface area contributed by atoms with Crippen LogP contribution in [0.4, 0.5) is 10.1 Å². The normalized spacial score (nSPS) is 10.2. The summed E-state index contributed by atoms with van der Waals surface area (Å²) < 4.78 is 13.1. The highest BCUT2D eigenvalue weighted by Crippen LogP contribution is 2.25. The fourth-order valence-corrected chi connectivity index (χ4v) is 1.29. The monoisotopic (exact) mass is 175 g/mol. The zero-order valence-corrected chi connectivity index (χ0v) is 6.63. The van der Waals surface area contributed by atoms with Gasteiger partial charge in [0.2, 0.25) is 0 Å². The van der Waals surface area contributed by atoms with Gasteiger partial charge >= 0.3 is 0 Å². The van der Waals surface area contributed by atoms with Crippen molar-refractivity contribution in [3.05, 3.63) is 29.7 Å². The van der Waals surface area contributed by atoms with Gasteiger partial charge in [0.05, 0.1) is 11.2 Å². The van der Waals surface area contributed by atoms with E-state index in [9.17, 15) is 4.39 Å². The summed E-state index contributed by atoms with van der Waals surface area (Å²) in [5.74, 6) is -0.397. The molecule has 0 aliphatic heterocycles. The van der Waals surface area contributed by atoms with Crippen LogP contribution in [0.5, 0.6) is 0 Å². The first kappa shape index (κ1) is 7.62. The number of rotatable bonds is 0. The van der Waals surface area contributed by atoms with Gasteiger partial charge in [-0.1, -0.05) is 12.1 Å². The standard InChI is InChI=1S/C9H6FN3/c10-6-3-1-2-5-8(12)7(4-11)13-9(5)6/h1-3,13H,12H2. The van der Waals surface area contributed by atoms with Crippen molar-refractivity contribution in [2.45, 2.75) is 0 Å². The number of nitrogen functional groups attached to an aromatic ring is 1. The molecule has 64 valence electrons. The maximum absolute atomic E-state index is 13.1. The molecule has 0 spiro atoms. The third-order valence-corrected chi connectivity index (χ3v) is 1.93. The van der Waals surface area contributed by atoms with Crippen LogP contribution in [-0.2, 0) is 0 Å². The summed E-state index contributed by atoms with van der Waals surface area (Å²) in [6.45, 7) is 0. The van der Waals surface area contributed by atoms with Crippen LogP contribution < -0.4 is 5.73 Å². The Labute approximate surface area is 73.6 Å². The average Bonchev–Trinajstić information content (AvgIpc) is 2.45. The molecule has 0 unspecified atom stereocenters. The molecule has 2 rings (SSSR count). The van der Waals surface area contributed by atoms with E-state index in [1.807, 2.05) is 6.07 Å². The molecule has 3 nitrogen and oxygen atoms in total. The zero-order chi connectivity index (χ0) is 9.42. The summed E-state index contributed by atoms with van der Waals surface area (Å²) in [4.78, 5) is 2.62. The molecule has 0 saturated heterocycles. The van der Waals surface area contributed by atoms with Crippen LogP contribution in [-0.4, -0.2) is 4.98 Å². The van der Waals surface area contributed by atoms with Gasteiger partial charge in [-0.05, 0) is 6.07 Å². The number of halogens is 1. The summed E-state index contributed by atoms with van der Waals surface area (Å²) in [6, 6.07) is 6.41. The summed E-state index contributed by atoms with van der Waals surface area (Å²) in [6.07, 6.45) is 0. The molecule has 4 heteroatoms. The van der Waals surface area contributed by atoms with Gasteiger partial charge in [-0.15, -0.1) is 0 Å². The van der Waals surface area contributed by atoms with E-state index in [2.05, 4.69) is 4.98 Å². The number of hydrogen-bond donors (Lipinski definition) is 2. The number of fused-ring (bicyclic) bond motifs is 1. The molecule has 0 aliphatic carbocycles. The number of anilines is 1. The third-order valence-electron chi connectivity index (χ3n) is 1.93. The lowest BCUT2D eigenvalue weighted by atomic mass is 10.2. The van der Waals surface area contributed by atoms with Crippen molar-refractivity contribution in [3.63, 3.8) is 0 Å². The van der Waals surface area contributed by atoms with E-state index in [1.54, 1.807) is 12.1 Å². The van der Waals surface area contributed by atoms with Crippen LogP contribution in [0.15, 0.2) is 18.2 Å². The lowest BCUT2D eigenvalue weighted by molar-refractivity contribution is 0.637. The first-order valence-corrected chi connectivity index (χ1v) is 3.70. The molecule has 13 heavy (non-hydrogen) atoms. The third kappa shape index (κ3) is 0.942. The minimum atomic E-state index is -0.397. The van der Waals surface area contributed by atoms with E-state index >= 15 is 0 Å². The number of para-hydroxylation sites is 1. The molecule has 0 atom stereocenters. The first-order chi connectivity index (χ1) is 6.24. The number of H-pyrrole nitrogens is 1. The van der Waals surface area contributed by atoms with E-state index in [0.717, 1.165) is 0 Å². The molecule has 0 bridgehead atoms. The molecule has 3 N–H and O–H groups in total. The molecular formula is C9H6FN3. The lowest BCUT2D eigenvalue weighted by Gasteiger charge is -1.90. The van der Waals surface area contributed by atoms with Gasteiger partial charge in [0.25, 0.3) is 0 Å². The van der Waals surface area contributed by atoms with Gasteiger partial charge in [-0.25, -0.2) is 4.39 Å². The summed E-state index contributed by atoms with van der Waals surface area (Å²) in [7, 11) is 0. The van der Waals surface area contributed by atoms with Crippen molar-refractivity contribution in [1.82, 2.24) is 4.98 Å².